The number of fused-ring (bicyclic) bond motifs is 1. The summed E-state index contributed by atoms with van der Waals surface area (Å²) in [6.45, 7) is 6.65. The maximum atomic E-state index is 13.1. The molecule has 4 rings (SSSR count). The van der Waals surface area contributed by atoms with Crippen LogP contribution in [0, 0.1) is 5.92 Å². The molecular formula is C25H31N3O2. The second-order valence-electron chi connectivity index (χ2n) is 8.21. The van der Waals surface area contributed by atoms with Crippen molar-refractivity contribution >= 4 is 16.8 Å². The lowest BCUT2D eigenvalue weighted by atomic mass is 9.96. The van der Waals surface area contributed by atoms with Crippen LogP contribution < -0.4 is 4.74 Å². The van der Waals surface area contributed by atoms with Gasteiger partial charge in [0.25, 0.3) is 5.91 Å². The number of para-hydroxylation sites is 1. The van der Waals surface area contributed by atoms with Gasteiger partial charge in [0.2, 0.25) is 0 Å². The second-order valence-corrected chi connectivity index (χ2v) is 8.21. The molecule has 1 N–H and O–H groups in total. The lowest BCUT2D eigenvalue weighted by Gasteiger charge is -2.35. The molecule has 5 heteroatoms. The summed E-state index contributed by atoms with van der Waals surface area (Å²) in [5.41, 5.74) is 2.97. The van der Waals surface area contributed by atoms with Gasteiger partial charge >= 0.3 is 0 Å². The van der Waals surface area contributed by atoms with Crippen molar-refractivity contribution in [2.75, 3.05) is 33.3 Å². The van der Waals surface area contributed by atoms with E-state index in [0.717, 1.165) is 49.4 Å². The number of H-pyrrole nitrogens is 1. The maximum absolute atomic E-state index is 13.1. The third kappa shape index (κ3) is 4.68. The van der Waals surface area contributed by atoms with Crippen molar-refractivity contribution in [3.05, 3.63) is 65.9 Å². The molecule has 0 spiro atoms. The summed E-state index contributed by atoms with van der Waals surface area (Å²) in [5, 5.41) is 1.08. The number of benzene rings is 2. The molecule has 1 saturated heterocycles. The van der Waals surface area contributed by atoms with Gasteiger partial charge in [-0.1, -0.05) is 30.3 Å². The highest BCUT2D eigenvalue weighted by molar-refractivity contribution is 5.98. The number of piperidine rings is 1. The number of aromatic amines is 1. The molecule has 1 unspecified atom stereocenters. The molecule has 1 aliphatic rings. The highest BCUT2D eigenvalue weighted by atomic mass is 16.5. The smallest absolute Gasteiger partial charge is 0.270 e. The average Bonchev–Trinajstić information content (AvgIpc) is 3.22. The van der Waals surface area contributed by atoms with Crippen LogP contribution in [-0.4, -0.2) is 54.0 Å². The number of carbonyl (C=O) groups excluding carboxylic acids is 1. The zero-order valence-corrected chi connectivity index (χ0v) is 17.9. The lowest BCUT2D eigenvalue weighted by molar-refractivity contribution is 0.0680. The molecule has 1 atom stereocenters. The Morgan fingerprint density at radius 3 is 2.87 bits per heavy atom. The number of aromatic nitrogens is 1. The van der Waals surface area contributed by atoms with Crippen LogP contribution in [0.3, 0.4) is 0 Å². The predicted octanol–water partition coefficient (Wildman–Crippen LogP) is 4.55. The summed E-state index contributed by atoms with van der Waals surface area (Å²) in [5.74, 6) is 1.50. The first-order valence-electron chi connectivity index (χ1n) is 10.9. The van der Waals surface area contributed by atoms with Crippen molar-refractivity contribution in [1.82, 2.24) is 14.8 Å². The van der Waals surface area contributed by atoms with E-state index < -0.39 is 0 Å². The fraction of sp³-hybridized carbons (Fsp3) is 0.400. The summed E-state index contributed by atoms with van der Waals surface area (Å²) in [6, 6.07) is 18.3. The van der Waals surface area contributed by atoms with Crippen LogP contribution in [0.5, 0.6) is 5.75 Å². The molecule has 0 aliphatic carbocycles. The molecule has 0 radical (unpaired) electrons. The van der Waals surface area contributed by atoms with Crippen LogP contribution in [0.15, 0.2) is 54.6 Å². The zero-order chi connectivity index (χ0) is 20.9. The minimum absolute atomic E-state index is 0.0959. The number of likely N-dealkylation sites (tertiary alicyclic amines) is 1. The monoisotopic (exact) mass is 405 g/mol. The first kappa shape index (κ1) is 20.5. The van der Waals surface area contributed by atoms with Gasteiger partial charge in [-0.15, -0.1) is 0 Å². The Morgan fingerprint density at radius 1 is 1.20 bits per heavy atom. The Bertz CT molecular complexity index is 964. The first-order valence-corrected chi connectivity index (χ1v) is 10.9. The zero-order valence-electron chi connectivity index (χ0n) is 17.9. The summed E-state index contributed by atoms with van der Waals surface area (Å²) in [4.78, 5) is 20.9. The van der Waals surface area contributed by atoms with Gasteiger partial charge in [0.05, 0.1) is 7.11 Å². The molecular weight excluding hydrogens is 374 g/mol. The van der Waals surface area contributed by atoms with E-state index in [1.54, 1.807) is 7.11 Å². The highest BCUT2D eigenvalue weighted by Crippen LogP contribution is 2.22. The van der Waals surface area contributed by atoms with E-state index in [9.17, 15) is 4.79 Å². The minimum Gasteiger partial charge on any atom is -0.497 e. The number of nitrogens with one attached hydrogen (secondary N) is 1. The van der Waals surface area contributed by atoms with Gasteiger partial charge in [0.1, 0.15) is 11.4 Å². The van der Waals surface area contributed by atoms with Crippen molar-refractivity contribution < 1.29 is 9.53 Å². The number of nitrogens with zero attached hydrogens (tertiary/aromatic N) is 2. The van der Waals surface area contributed by atoms with E-state index in [4.69, 9.17) is 4.74 Å². The Hall–Kier alpha value is -2.79. The van der Waals surface area contributed by atoms with Gasteiger partial charge in [0, 0.05) is 37.1 Å². The number of amides is 1. The van der Waals surface area contributed by atoms with Gasteiger partial charge in [0.15, 0.2) is 0 Å². The molecule has 1 fully saturated rings. The lowest BCUT2D eigenvalue weighted by Crippen LogP contribution is -2.42. The van der Waals surface area contributed by atoms with E-state index in [2.05, 4.69) is 28.9 Å². The minimum atomic E-state index is 0.0959. The second kappa shape index (κ2) is 9.35. The van der Waals surface area contributed by atoms with Crippen molar-refractivity contribution in [3.8, 4) is 5.75 Å². The third-order valence-corrected chi connectivity index (χ3v) is 6.05. The summed E-state index contributed by atoms with van der Waals surface area (Å²) in [6.07, 6.45) is 2.35. The first-order chi connectivity index (χ1) is 14.7. The van der Waals surface area contributed by atoms with E-state index in [1.165, 1.54) is 18.4 Å². The van der Waals surface area contributed by atoms with E-state index in [-0.39, 0.29) is 5.91 Å². The molecule has 0 saturated carbocycles. The number of methoxy groups -OCH3 is 1. The molecule has 5 nitrogen and oxygen atoms in total. The molecule has 3 aromatic rings. The van der Waals surface area contributed by atoms with Gasteiger partial charge in [-0.05, 0) is 62.1 Å². The summed E-state index contributed by atoms with van der Waals surface area (Å²) >= 11 is 0. The van der Waals surface area contributed by atoms with E-state index >= 15 is 0 Å². The quantitative estimate of drug-likeness (QED) is 0.627. The number of rotatable bonds is 7. The van der Waals surface area contributed by atoms with Crippen LogP contribution in [0.1, 0.15) is 35.8 Å². The normalized spacial score (nSPS) is 17.2. The fourth-order valence-corrected chi connectivity index (χ4v) is 4.50. The molecule has 1 aliphatic heterocycles. The van der Waals surface area contributed by atoms with Crippen molar-refractivity contribution in [2.24, 2.45) is 5.92 Å². The molecule has 2 heterocycles. The summed E-state index contributed by atoms with van der Waals surface area (Å²) in [7, 11) is 1.71. The third-order valence-electron chi connectivity index (χ3n) is 6.05. The van der Waals surface area contributed by atoms with Crippen molar-refractivity contribution in [1.29, 1.82) is 0 Å². The van der Waals surface area contributed by atoms with Gasteiger partial charge in [-0.25, -0.2) is 0 Å². The van der Waals surface area contributed by atoms with Gasteiger partial charge < -0.3 is 14.6 Å². The van der Waals surface area contributed by atoms with E-state index in [1.807, 2.05) is 47.4 Å². The Balaban J connectivity index is 1.39. The number of carbonyl (C=O) groups is 1. The Morgan fingerprint density at radius 2 is 2.07 bits per heavy atom. The van der Waals surface area contributed by atoms with Crippen LogP contribution in [0.4, 0.5) is 0 Å². The highest BCUT2D eigenvalue weighted by Gasteiger charge is 2.25. The molecule has 158 valence electrons. The van der Waals surface area contributed by atoms with Gasteiger partial charge in [-0.3, -0.25) is 9.69 Å². The van der Waals surface area contributed by atoms with E-state index in [0.29, 0.717) is 11.6 Å². The molecule has 1 aromatic heterocycles. The van der Waals surface area contributed by atoms with Crippen LogP contribution >= 0.6 is 0 Å². The van der Waals surface area contributed by atoms with Crippen LogP contribution in [0.25, 0.3) is 10.9 Å². The molecule has 0 bridgehead atoms. The van der Waals surface area contributed by atoms with Gasteiger partial charge in [-0.2, -0.15) is 0 Å². The SMILES string of the molecule is CCN(CC1CCCN(Cc2cccc(OC)c2)C1)C(=O)c1cc2ccccc2[nH]1. The number of hydrogen-bond acceptors (Lipinski definition) is 3. The standard InChI is InChI=1S/C25H31N3O2/c1-3-28(25(29)24-15-21-10-4-5-12-23(21)26-24)18-20-9-7-13-27(17-20)16-19-8-6-11-22(14-19)30-2/h4-6,8,10-12,14-15,20,26H,3,7,9,13,16-18H2,1-2H3. The largest absolute Gasteiger partial charge is 0.497 e. The van der Waals surface area contributed by atoms with Crippen LogP contribution in [0.2, 0.25) is 0 Å². The molecule has 30 heavy (non-hydrogen) atoms. The number of ether oxygens (including phenoxy) is 1. The molecule has 1 amide bonds. The summed E-state index contributed by atoms with van der Waals surface area (Å²) < 4.78 is 5.36. The van der Waals surface area contributed by atoms with Crippen molar-refractivity contribution in [3.63, 3.8) is 0 Å². The number of hydrogen-bond donors (Lipinski definition) is 1. The maximum Gasteiger partial charge on any atom is 0.270 e. The average molecular weight is 406 g/mol. The van der Waals surface area contributed by atoms with Crippen molar-refractivity contribution in [2.45, 2.75) is 26.3 Å². The fourth-order valence-electron chi connectivity index (χ4n) is 4.50. The van der Waals surface area contributed by atoms with Crippen LogP contribution in [-0.2, 0) is 6.54 Å². The Kier molecular flexibility index (Phi) is 6.38. The molecule has 2 aromatic carbocycles. The Labute approximate surface area is 178 Å². The topological polar surface area (TPSA) is 48.6 Å². The predicted molar refractivity (Wildman–Crippen MR) is 121 cm³/mol.